The first kappa shape index (κ1) is 17.9. The normalized spacial score (nSPS) is 25.5. The fourth-order valence-electron chi connectivity index (χ4n) is 3.52. The zero-order chi connectivity index (χ0) is 18.2. The Labute approximate surface area is 151 Å². The number of ether oxygens (including phenoxy) is 1. The van der Waals surface area contributed by atoms with Crippen molar-refractivity contribution in [3.05, 3.63) is 65.2 Å². The number of methoxy groups -OCH3 is 1. The van der Waals surface area contributed by atoms with E-state index >= 15 is 0 Å². The van der Waals surface area contributed by atoms with Gasteiger partial charge in [0.25, 0.3) is 0 Å². The van der Waals surface area contributed by atoms with E-state index in [2.05, 4.69) is 0 Å². The molecule has 0 saturated heterocycles. The minimum absolute atomic E-state index is 0.103. The van der Waals surface area contributed by atoms with Crippen LogP contribution >= 0.6 is 11.6 Å². The fourth-order valence-corrected chi connectivity index (χ4v) is 6.09. The van der Waals surface area contributed by atoms with Gasteiger partial charge in [0.1, 0.15) is 5.41 Å². The highest BCUT2D eigenvalue weighted by Gasteiger charge is 2.76. The van der Waals surface area contributed by atoms with E-state index in [1.807, 2.05) is 0 Å². The van der Waals surface area contributed by atoms with Crippen molar-refractivity contribution >= 4 is 27.4 Å². The van der Waals surface area contributed by atoms with Crippen LogP contribution in [0.2, 0.25) is 5.02 Å². The Bertz CT molecular complexity index is 897. The Morgan fingerprint density at radius 2 is 1.88 bits per heavy atom. The summed E-state index contributed by atoms with van der Waals surface area (Å²) in [5, 5.41) is 9.15. The van der Waals surface area contributed by atoms with Crippen LogP contribution in [0.15, 0.2) is 59.5 Å². The maximum absolute atomic E-state index is 13.1. The summed E-state index contributed by atoms with van der Waals surface area (Å²) >= 11 is 6.02. The summed E-state index contributed by atoms with van der Waals surface area (Å²) < 4.78 is 31.3. The minimum Gasteiger partial charge on any atom is -0.481 e. The van der Waals surface area contributed by atoms with Crippen LogP contribution in [0.1, 0.15) is 11.5 Å². The number of hydrogen-bond donors (Lipinski definition) is 1. The molecule has 2 aromatic carbocycles. The standard InChI is InChI=1S/C18H17ClO5S/c1-24-11-18(17(20)21)15(12-6-5-7-13(19)10-12)16(18)25(22,23)14-8-3-2-4-9-14/h2-10,15-16H,11H2,1H3,(H,20,21)/t15-,16-,18-/m0/s1. The van der Waals surface area contributed by atoms with Gasteiger partial charge in [-0.25, -0.2) is 8.42 Å². The molecule has 3 rings (SSSR count). The van der Waals surface area contributed by atoms with E-state index in [4.69, 9.17) is 16.3 Å². The smallest absolute Gasteiger partial charge is 0.314 e. The van der Waals surface area contributed by atoms with Crippen LogP contribution < -0.4 is 0 Å². The Morgan fingerprint density at radius 1 is 1.20 bits per heavy atom. The molecule has 2 aromatic rings. The van der Waals surface area contributed by atoms with Crippen LogP contribution in [0, 0.1) is 5.41 Å². The minimum atomic E-state index is -3.85. The van der Waals surface area contributed by atoms with Gasteiger partial charge in [-0.05, 0) is 29.8 Å². The second-order valence-electron chi connectivity index (χ2n) is 6.09. The van der Waals surface area contributed by atoms with Crippen molar-refractivity contribution in [3.8, 4) is 0 Å². The monoisotopic (exact) mass is 380 g/mol. The van der Waals surface area contributed by atoms with Gasteiger partial charge < -0.3 is 9.84 Å². The maximum Gasteiger partial charge on any atom is 0.314 e. The third-order valence-corrected chi connectivity index (χ3v) is 7.18. The second-order valence-corrected chi connectivity index (χ2v) is 8.60. The van der Waals surface area contributed by atoms with Gasteiger partial charge in [0.15, 0.2) is 9.84 Å². The van der Waals surface area contributed by atoms with E-state index in [0.717, 1.165) is 0 Å². The van der Waals surface area contributed by atoms with Crippen LogP contribution in [-0.4, -0.2) is 38.5 Å². The molecular formula is C18H17ClO5S. The van der Waals surface area contributed by atoms with E-state index in [0.29, 0.717) is 10.6 Å². The SMILES string of the molecule is COC[C@]1(C(=O)O)[C@@H](c2cccc(Cl)c2)[C@@H]1S(=O)(=O)c1ccccc1. The molecule has 1 aliphatic rings. The lowest BCUT2D eigenvalue weighted by Gasteiger charge is -2.12. The highest BCUT2D eigenvalue weighted by Crippen LogP contribution is 2.64. The molecule has 5 nitrogen and oxygen atoms in total. The number of aliphatic carboxylic acids is 1. The maximum atomic E-state index is 13.1. The lowest BCUT2D eigenvalue weighted by atomic mass is 10.00. The summed E-state index contributed by atoms with van der Waals surface area (Å²) in [5.74, 6) is -1.92. The summed E-state index contributed by atoms with van der Waals surface area (Å²) in [6, 6.07) is 14.5. The topological polar surface area (TPSA) is 80.7 Å². The van der Waals surface area contributed by atoms with Crippen molar-refractivity contribution in [1.29, 1.82) is 0 Å². The van der Waals surface area contributed by atoms with Crippen molar-refractivity contribution in [2.75, 3.05) is 13.7 Å². The molecule has 0 spiro atoms. The highest BCUT2D eigenvalue weighted by molar-refractivity contribution is 7.92. The zero-order valence-corrected chi connectivity index (χ0v) is 15.0. The van der Waals surface area contributed by atoms with Crippen LogP contribution in [0.5, 0.6) is 0 Å². The van der Waals surface area contributed by atoms with Gasteiger partial charge in [-0.2, -0.15) is 0 Å². The van der Waals surface area contributed by atoms with Crippen LogP contribution in [-0.2, 0) is 19.4 Å². The number of carboxylic acid groups (broad SMARTS) is 1. The largest absolute Gasteiger partial charge is 0.481 e. The molecule has 7 heteroatoms. The van der Waals surface area contributed by atoms with Crippen molar-refractivity contribution < 1.29 is 23.1 Å². The van der Waals surface area contributed by atoms with Crippen molar-refractivity contribution in [1.82, 2.24) is 0 Å². The molecule has 132 valence electrons. The van der Waals surface area contributed by atoms with Gasteiger partial charge in [0.05, 0.1) is 16.8 Å². The average molecular weight is 381 g/mol. The lowest BCUT2D eigenvalue weighted by Crippen LogP contribution is -2.28. The van der Waals surface area contributed by atoms with Crippen LogP contribution in [0.25, 0.3) is 0 Å². The number of rotatable bonds is 6. The number of halogens is 1. The molecule has 3 atom stereocenters. The zero-order valence-electron chi connectivity index (χ0n) is 13.4. The molecule has 0 heterocycles. The van der Waals surface area contributed by atoms with Gasteiger partial charge in [0.2, 0.25) is 0 Å². The number of carbonyl (C=O) groups is 1. The predicted molar refractivity (Wildman–Crippen MR) is 93.6 cm³/mol. The van der Waals surface area contributed by atoms with E-state index in [-0.39, 0.29) is 11.5 Å². The molecule has 0 radical (unpaired) electrons. The lowest BCUT2D eigenvalue weighted by molar-refractivity contribution is -0.145. The molecule has 1 N–H and O–H groups in total. The molecule has 0 unspecified atom stereocenters. The quantitative estimate of drug-likeness (QED) is 0.833. The van der Waals surface area contributed by atoms with E-state index in [9.17, 15) is 18.3 Å². The summed E-state index contributed by atoms with van der Waals surface area (Å²) in [5.41, 5.74) is -0.954. The van der Waals surface area contributed by atoms with Crippen molar-refractivity contribution in [2.24, 2.45) is 5.41 Å². The third-order valence-electron chi connectivity index (χ3n) is 4.65. The molecule has 0 aromatic heterocycles. The second kappa shape index (κ2) is 6.44. The predicted octanol–water partition coefficient (Wildman–Crippen LogP) is 3.00. The number of hydrogen-bond acceptors (Lipinski definition) is 4. The Balaban J connectivity index is 2.14. The van der Waals surface area contributed by atoms with E-state index in [1.165, 1.54) is 19.2 Å². The molecule has 0 aliphatic heterocycles. The van der Waals surface area contributed by atoms with Crippen LogP contribution in [0.4, 0.5) is 0 Å². The van der Waals surface area contributed by atoms with Crippen molar-refractivity contribution in [2.45, 2.75) is 16.1 Å². The Kier molecular flexibility index (Phi) is 4.62. The molecule has 1 saturated carbocycles. The van der Waals surface area contributed by atoms with Crippen molar-refractivity contribution in [3.63, 3.8) is 0 Å². The summed E-state index contributed by atoms with van der Waals surface area (Å²) in [6.07, 6.45) is 0. The Hall–Kier alpha value is -1.89. The highest BCUT2D eigenvalue weighted by atomic mass is 35.5. The van der Waals surface area contributed by atoms with Gasteiger partial charge in [0, 0.05) is 18.1 Å². The molecular weight excluding hydrogens is 364 g/mol. The number of benzene rings is 2. The molecule has 25 heavy (non-hydrogen) atoms. The van der Waals surface area contributed by atoms with Gasteiger partial charge in [-0.15, -0.1) is 0 Å². The third kappa shape index (κ3) is 2.84. The Morgan fingerprint density at radius 3 is 2.44 bits per heavy atom. The van der Waals surface area contributed by atoms with Crippen LogP contribution in [0.3, 0.4) is 0 Å². The molecule has 0 bridgehead atoms. The summed E-state index contributed by atoms with van der Waals surface area (Å²) in [7, 11) is -2.49. The molecule has 1 fully saturated rings. The number of carboxylic acids is 1. The average Bonchev–Trinajstić information content (AvgIpc) is 3.27. The molecule has 0 amide bonds. The van der Waals surface area contributed by atoms with Gasteiger partial charge >= 0.3 is 5.97 Å². The summed E-state index contributed by atoms with van der Waals surface area (Å²) in [6.45, 7) is -0.198. The van der Waals surface area contributed by atoms with Gasteiger partial charge in [-0.3, -0.25) is 4.79 Å². The van der Waals surface area contributed by atoms with E-state index in [1.54, 1.807) is 42.5 Å². The fraction of sp³-hybridized carbons (Fsp3) is 0.278. The first-order chi connectivity index (χ1) is 11.9. The van der Waals surface area contributed by atoms with Gasteiger partial charge in [-0.1, -0.05) is 41.9 Å². The molecule has 1 aliphatic carbocycles. The summed E-state index contributed by atoms with van der Waals surface area (Å²) in [4.78, 5) is 12.2. The first-order valence-corrected chi connectivity index (χ1v) is 9.55. The first-order valence-electron chi connectivity index (χ1n) is 7.62. The number of sulfone groups is 1. The van der Waals surface area contributed by atoms with E-state index < -0.39 is 32.4 Å².